The summed E-state index contributed by atoms with van der Waals surface area (Å²) in [5, 5.41) is 0. The van der Waals surface area contributed by atoms with Crippen LogP contribution in [0.5, 0.6) is 0 Å². The average Bonchev–Trinajstić information content (AvgIpc) is 2.69. The Labute approximate surface area is 165 Å². The van der Waals surface area contributed by atoms with Crippen molar-refractivity contribution in [2.45, 2.75) is 85.0 Å². The van der Waals surface area contributed by atoms with Gasteiger partial charge in [0.05, 0.1) is 0 Å². The maximum Gasteiger partial charge on any atom is 0.128 e. The minimum absolute atomic E-state index is 0.941. The molecule has 1 aromatic heterocycles. The average molecular weight is 365 g/mol. The Bertz CT molecular complexity index is 697. The van der Waals surface area contributed by atoms with Gasteiger partial charge in [-0.25, -0.2) is 9.97 Å². The minimum Gasteiger partial charge on any atom is -0.241 e. The molecule has 27 heavy (non-hydrogen) atoms. The smallest absolute Gasteiger partial charge is 0.128 e. The SMILES string of the molecule is CCCc1ncc(-c2ccc(CC[C@H]3CC[C@H](CCC)CC3)c(C)c2)cn1. The molecule has 1 aliphatic rings. The fourth-order valence-electron chi connectivity index (χ4n) is 4.59. The van der Waals surface area contributed by atoms with Crippen molar-refractivity contribution >= 4 is 0 Å². The van der Waals surface area contributed by atoms with Crippen LogP contribution in [0.25, 0.3) is 11.1 Å². The number of hydrogen-bond donors (Lipinski definition) is 0. The molecule has 2 nitrogen and oxygen atoms in total. The molecule has 0 N–H and O–H groups in total. The zero-order valence-corrected chi connectivity index (χ0v) is 17.5. The fourth-order valence-corrected chi connectivity index (χ4v) is 4.59. The highest BCUT2D eigenvalue weighted by atomic mass is 14.9. The standard InChI is InChI=1S/C25H36N2/c1-4-6-20-8-10-21(11-9-20)12-13-22-14-15-23(16-19(22)3)24-17-26-25(7-5-2)27-18-24/h14-18,20-21H,4-13H2,1-3H3/t20-,21-. The van der Waals surface area contributed by atoms with Crippen LogP contribution in [0.1, 0.15) is 82.2 Å². The molecule has 1 heterocycles. The van der Waals surface area contributed by atoms with Crippen molar-refractivity contribution in [3.05, 3.63) is 47.5 Å². The molecule has 0 saturated heterocycles. The zero-order chi connectivity index (χ0) is 19.1. The molecule has 3 rings (SSSR count). The molecule has 0 spiro atoms. The van der Waals surface area contributed by atoms with Crippen molar-refractivity contribution in [1.29, 1.82) is 0 Å². The molecule has 0 unspecified atom stereocenters. The van der Waals surface area contributed by atoms with E-state index in [1.54, 1.807) is 0 Å². The van der Waals surface area contributed by atoms with E-state index in [4.69, 9.17) is 0 Å². The maximum absolute atomic E-state index is 4.50. The number of aryl methyl sites for hydroxylation is 3. The van der Waals surface area contributed by atoms with E-state index >= 15 is 0 Å². The van der Waals surface area contributed by atoms with Gasteiger partial charge in [0, 0.05) is 24.4 Å². The zero-order valence-electron chi connectivity index (χ0n) is 17.5. The van der Waals surface area contributed by atoms with Crippen molar-refractivity contribution in [1.82, 2.24) is 9.97 Å². The van der Waals surface area contributed by atoms with Crippen LogP contribution in [0.2, 0.25) is 0 Å². The predicted octanol–water partition coefficient (Wildman–Crippen LogP) is 6.94. The Morgan fingerprint density at radius 1 is 0.815 bits per heavy atom. The van der Waals surface area contributed by atoms with Gasteiger partial charge in [0.1, 0.15) is 5.82 Å². The second kappa shape index (κ2) is 10.0. The summed E-state index contributed by atoms with van der Waals surface area (Å²) in [7, 11) is 0. The van der Waals surface area contributed by atoms with Crippen molar-refractivity contribution in [2.24, 2.45) is 11.8 Å². The first-order chi connectivity index (χ1) is 13.2. The van der Waals surface area contributed by atoms with E-state index in [1.807, 2.05) is 12.4 Å². The summed E-state index contributed by atoms with van der Waals surface area (Å²) in [6, 6.07) is 6.89. The second-order valence-electron chi connectivity index (χ2n) is 8.49. The third-order valence-electron chi connectivity index (χ3n) is 6.34. The largest absolute Gasteiger partial charge is 0.241 e. The first-order valence-corrected chi connectivity index (χ1v) is 11.1. The van der Waals surface area contributed by atoms with Crippen LogP contribution < -0.4 is 0 Å². The summed E-state index contributed by atoms with van der Waals surface area (Å²) in [4.78, 5) is 9.01. The maximum atomic E-state index is 4.50. The van der Waals surface area contributed by atoms with Crippen molar-refractivity contribution < 1.29 is 0 Å². The summed E-state index contributed by atoms with van der Waals surface area (Å²) in [6.45, 7) is 6.74. The van der Waals surface area contributed by atoms with Crippen LogP contribution >= 0.6 is 0 Å². The number of hydrogen-bond acceptors (Lipinski definition) is 2. The van der Waals surface area contributed by atoms with Gasteiger partial charge in [-0.1, -0.05) is 70.6 Å². The Kier molecular flexibility index (Phi) is 7.43. The van der Waals surface area contributed by atoms with E-state index in [1.165, 1.54) is 68.1 Å². The van der Waals surface area contributed by atoms with Crippen LogP contribution in [0, 0.1) is 18.8 Å². The van der Waals surface area contributed by atoms with Gasteiger partial charge >= 0.3 is 0 Å². The quantitative estimate of drug-likeness (QED) is 0.507. The number of rotatable bonds is 8. The molecule has 1 aromatic carbocycles. The van der Waals surface area contributed by atoms with E-state index in [2.05, 4.69) is 48.9 Å². The Balaban J connectivity index is 1.55. The summed E-state index contributed by atoms with van der Waals surface area (Å²) < 4.78 is 0. The molecular formula is C25H36N2. The summed E-state index contributed by atoms with van der Waals surface area (Å²) in [5.74, 6) is 2.90. The van der Waals surface area contributed by atoms with Gasteiger partial charge in [-0.05, 0) is 54.7 Å². The van der Waals surface area contributed by atoms with Gasteiger partial charge in [-0.2, -0.15) is 0 Å². The number of aromatic nitrogens is 2. The van der Waals surface area contributed by atoms with Crippen LogP contribution in [0.3, 0.4) is 0 Å². The lowest BCUT2D eigenvalue weighted by atomic mass is 9.78. The minimum atomic E-state index is 0.941. The molecule has 1 aliphatic carbocycles. The highest BCUT2D eigenvalue weighted by Gasteiger charge is 2.20. The highest BCUT2D eigenvalue weighted by Crippen LogP contribution is 2.34. The third kappa shape index (κ3) is 5.64. The molecule has 0 bridgehead atoms. The molecule has 0 radical (unpaired) electrons. The van der Waals surface area contributed by atoms with E-state index < -0.39 is 0 Å². The number of benzene rings is 1. The second-order valence-corrected chi connectivity index (χ2v) is 8.49. The highest BCUT2D eigenvalue weighted by molar-refractivity contribution is 5.63. The number of nitrogens with zero attached hydrogens (tertiary/aromatic N) is 2. The topological polar surface area (TPSA) is 25.8 Å². The first kappa shape index (κ1) is 20.0. The fraction of sp³-hybridized carbons (Fsp3) is 0.600. The lowest BCUT2D eigenvalue weighted by molar-refractivity contribution is 0.252. The summed E-state index contributed by atoms with van der Waals surface area (Å²) in [6.07, 6.45) is 17.2. The molecule has 0 atom stereocenters. The molecule has 0 aliphatic heterocycles. The van der Waals surface area contributed by atoms with Gasteiger partial charge in [-0.15, -0.1) is 0 Å². The van der Waals surface area contributed by atoms with Crippen LogP contribution in [0.15, 0.2) is 30.6 Å². The van der Waals surface area contributed by atoms with Crippen LogP contribution in [-0.4, -0.2) is 9.97 Å². The van der Waals surface area contributed by atoms with E-state index in [0.717, 1.165) is 36.1 Å². The molecule has 1 saturated carbocycles. The van der Waals surface area contributed by atoms with Gasteiger partial charge in [-0.3, -0.25) is 0 Å². The monoisotopic (exact) mass is 364 g/mol. The van der Waals surface area contributed by atoms with Gasteiger partial charge < -0.3 is 0 Å². The Morgan fingerprint density at radius 2 is 1.48 bits per heavy atom. The van der Waals surface area contributed by atoms with Crippen molar-refractivity contribution in [3.63, 3.8) is 0 Å². The van der Waals surface area contributed by atoms with E-state index in [0.29, 0.717) is 0 Å². The first-order valence-electron chi connectivity index (χ1n) is 11.1. The van der Waals surface area contributed by atoms with Gasteiger partial charge in [0.25, 0.3) is 0 Å². The molecule has 2 heteroatoms. The molecule has 0 amide bonds. The summed E-state index contributed by atoms with van der Waals surface area (Å²) in [5.41, 5.74) is 5.28. The Morgan fingerprint density at radius 3 is 2.07 bits per heavy atom. The van der Waals surface area contributed by atoms with Crippen molar-refractivity contribution in [2.75, 3.05) is 0 Å². The lowest BCUT2D eigenvalue weighted by Gasteiger charge is -2.28. The third-order valence-corrected chi connectivity index (χ3v) is 6.34. The van der Waals surface area contributed by atoms with Crippen molar-refractivity contribution in [3.8, 4) is 11.1 Å². The normalized spacial score (nSPS) is 20.0. The predicted molar refractivity (Wildman–Crippen MR) is 115 cm³/mol. The lowest BCUT2D eigenvalue weighted by Crippen LogP contribution is -2.15. The molecular weight excluding hydrogens is 328 g/mol. The molecule has 146 valence electrons. The van der Waals surface area contributed by atoms with E-state index in [-0.39, 0.29) is 0 Å². The van der Waals surface area contributed by atoms with E-state index in [9.17, 15) is 0 Å². The summed E-state index contributed by atoms with van der Waals surface area (Å²) >= 11 is 0. The molecule has 2 aromatic rings. The van der Waals surface area contributed by atoms with Gasteiger partial charge in [0.15, 0.2) is 0 Å². The Hall–Kier alpha value is -1.70. The van der Waals surface area contributed by atoms with Crippen LogP contribution in [-0.2, 0) is 12.8 Å². The molecule has 1 fully saturated rings. The van der Waals surface area contributed by atoms with Crippen LogP contribution in [0.4, 0.5) is 0 Å². The van der Waals surface area contributed by atoms with Gasteiger partial charge in [0.2, 0.25) is 0 Å².